The van der Waals surface area contributed by atoms with Crippen LogP contribution >= 0.6 is 0 Å². The van der Waals surface area contributed by atoms with E-state index < -0.39 is 7.59 Å². The van der Waals surface area contributed by atoms with Crippen LogP contribution in [0.3, 0.4) is 0 Å². The minimum Gasteiger partial charge on any atom is -0.424 e. The molecule has 1 fully saturated rings. The first-order valence-electron chi connectivity index (χ1n) is 4.05. The maximum Gasteiger partial charge on any atom is 0.141 e. The summed E-state index contributed by atoms with van der Waals surface area (Å²) in [6.45, 7) is 9.64. The molecular weight excluding hydrogens is 172 g/mol. The number of rotatable bonds is 0. The van der Waals surface area contributed by atoms with Gasteiger partial charge in [-0.3, -0.25) is 0 Å². The van der Waals surface area contributed by atoms with Crippen molar-refractivity contribution in [3.05, 3.63) is 0 Å². The van der Waals surface area contributed by atoms with Crippen LogP contribution in [0.5, 0.6) is 0 Å². The summed E-state index contributed by atoms with van der Waals surface area (Å²) >= 11 is 0. The topological polar surface area (TPSA) is 9.23 Å². The van der Waals surface area contributed by atoms with E-state index in [4.69, 9.17) is 4.43 Å². The van der Waals surface area contributed by atoms with E-state index in [1.165, 1.54) is 6.04 Å². The predicted octanol–water partition coefficient (Wildman–Crippen LogP) is 0.168. The van der Waals surface area contributed by atoms with Gasteiger partial charge < -0.3 is 4.43 Å². The average molecular weight is 190 g/mol. The van der Waals surface area contributed by atoms with Crippen molar-refractivity contribution in [2.75, 3.05) is 0 Å². The van der Waals surface area contributed by atoms with Gasteiger partial charge in [-0.25, -0.2) is 0 Å². The van der Waals surface area contributed by atoms with Crippen LogP contribution in [0.25, 0.3) is 0 Å². The molecule has 1 aliphatic heterocycles. The molecule has 1 aliphatic rings. The molecule has 60 valence electrons. The van der Waals surface area contributed by atoms with Gasteiger partial charge in [0, 0.05) is 21.7 Å². The molecule has 0 atom stereocenters. The second kappa shape index (κ2) is 2.58. The van der Waals surface area contributed by atoms with E-state index >= 15 is 0 Å². The lowest BCUT2D eigenvalue weighted by atomic mass is 10.2. The zero-order valence-electron chi connectivity index (χ0n) is 7.53. The van der Waals surface area contributed by atoms with Crippen LogP contribution < -0.4 is 0 Å². The van der Waals surface area contributed by atoms with Gasteiger partial charge in [-0.2, -0.15) is 0 Å². The number of hydrogen-bond donors (Lipinski definition) is 0. The largest absolute Gasteiger partial charge is 0.424 e. The Kier molecular flexibility index (Phi) is 2.25. The maximum absolute atomic E-state index is 5.84. The fraction of sp³-hybridized carbons (Fsp3) is 1.00. The first-order valence-corrected chi connectivity index (χ1v) is 14.2. The van der Waals surface area contributed by atoms with Gasteiger partial charge in [0.05, 0.1) is 0 Å². The third kappa shape index (κ3) is 2.34. The predicted molar refractivity (Wildman–Crippen MR) is 54.5 cm³/mol. The van der Waals surface area contributed by atoms with Crippen molar-refractivity contribution < 1.29 is 4.43 Å². The normalized spacial score (nSPS) is 34.8. The summed E-state index contributed by atoms with van der Waals surface area (Å²) in [5.41, 5.74) is 0.271. The zero-order valence-corrected chi connectivity index (χ0v) is 11.4. The lowest BCUT2D eigenvalue weighted by molar-refractivity contribution is 0.140. The van der Waals surface area contributed by atoms with E-state index in [1.807, 2.05) is 0 Å². The molecule has 0 aromatic heterocycles. The van der Waals surface area contributed by atoms with Crippen molar-refractivity contribution in [3.8, 4) is 0 Å². The summed E-state index contributed by atoms with van der Waals surface area (Å²) in [5.74, 6) is 0. The molecule has 0 aliphatic carbocycles. The fourth-order valence-corrected chi connectivity index (χ4v) is 19.4. The molecule has 0 N–H and O–H groups in total. The van der Waals surface area contributed by atoms with Crippen LogP contribution in [0, 0.1) is 0 Å². The minimum atomic E-state index is -0.650. The summed E-state index contributed by atoms with van der Waals surface area (Å²) < 4.78 is 5.84. The fourth-order valence-electron chi connectivity index (χ4n) is 1.90. The van der Waals surface area contributed by atoms with Gasteiger partial charge in [-0.15, -0.1) is 0 Å². The summed E-state index contributed by atoms with van der Waals surface area (Å²) in [6.07, 6.45) is 0. The SMILES string of the molecule is CC1(C)C[Si](C)(C)[SiH2][SiH2]O1. The second-order valence-electron chi connectivity index (χ2n) is 4.70. The Labute approximate surface area is 68.9 Å². The van der Waals surface area contributed by atoms with Crippen LogP contribution in [-0.4, -0.2) is 31.0 Å². The first-order chi connectivity index (χ1) is 4.41. The summed E-state index contributed by atoms with van der Waals surface area (Å²) in [4.78, 5) is 0. The van der Waals surface area contributed by atoms with Crippen LogP contribution in [0.2, 0.25) is 19.1 Å². The van der Waals surface area contributed by atoms with E-state index in [-0.39, 0.29) is 14.9 Å². The third-order valence-corrected chi connectivity index (χ3v) is 26.6. The van der Waals surface area contributed by atoms with Gasteiger partial charge in [-0.1, -0.05) is 13.1 Å². The van der Waals surface area contributed by atoms with E-state index in [0.717, 1.165) is 0 Å². The van der Waals surface area contributed by atoms with Crippen molar-refractivity contribution in [3.63, 3.8) is 0 Å². The standard InChI is InChI=1S/C6H18OSi3/c1-6(2)5-10(3,4)9-8-7-6/h5,8-9H2,1-4H3. The molecule has 0 saturated carbocycles. The highest BCUT2D eigenvalue weighted by Crippen LogP contribution is 2.26. The Morgan fingerprint density at radius 1 is 1.40 bits per heavy atom. The minimum absolute atomic E-state index is 0.000772. The summed E-state index contributed by atoms with van der Waals surface area (Å²) in [6, 6.07) is 1.42. The Balaban J connectivity index is 2.56. The molecule has 0 unspecified atom stereocenters. The van der Waals surface area contributed by atoms with E-state index in [9.17, 15) is 0 Å². The number of hydrogen-bond acceptors (Lipinski definition) is 1. The van der Waals surface area contributed by atoms with Gasteiger partial charge in [0.25, 0.3) is 0 Å². The van der Waals surface area contributed by atoms with Gasteiger partial charge in [0.2, 0.25) is 0 Å². The van der Waals surface area contributed by atoms with Gasteiger partial charge in [0.15, 0.2) is 0 Å². The molecule has 4 heteroatoms. The first kappa shape index (κ1) is 8.70. The van der Waals surface area contributed by atoms with Crippen LogP contribution in [0.15, 0.2) is 0 Å². The molecule has 1 nitrogen and oxygen atoms in total. The molecule has 1 heterocycles. The highest BCUT2D eigenvalue weighted by Gasteiger charge is 2.35. The van der Waals surface area contributed by atoms with Crippen LogP contribution in [0.1, 0.15) is 13.8 Å². The Morgan fingerprint density at radius 2 is 2.00 bits per heavy atom. The third-order valence-electron chi connectivity index (χ3n) is 2.18. The Bertz CT molecular complexity index is 119. The molecule has 0 bridgehead atoms. The molecule has 0 aromatic rings. The average Bonchev–Trinajstić information content (AvgIpc) is 1.56. The van der Waals surface area contributed by atoms with Crippen LogP contribution in [-0.2, 0) is 4.43 Å². The highest BCUT2D eigenvalue weighted by atomic mass is 29.6. The van der Waals surface area contributed by atoms with Crippen molar-refractivity contribution in [2.24, 2.45) is 0 Å². The van der Waals surface area contributed by atoms with Crippen molar-refractivity contribution in [1.82, 2.24) is 0 Å². The van der Waals surface area contributed by atoms with E-state index in [1.54, 1.807) is 0 Å². The highest BCUT2D eigenvalue weighted by molar-refractivity contribution is 7.42. The smallest absolute Gasteiger partial charge is 0.141 e. The molecule has 0 spiro atoms. The van der Waals surface area contributed by atoms with Gasteiger partial charge in [0.1, 0.15) is 9.28 Å². The van der Waals surface area contributed by atoms with Crippen molar-refractivity contribution >= 4 is 25.4 Å². The molecule has 1 saturated heterocycles. The lowest BCUT2D eigenvalue weighted by Crippen LogP contribution is -2.52. The Morgan fingerprint density at radius 3 is 2.30 bits per heavy atom. The van der Waals surface area contributed by atoms with E-state index in [0.29, 0.717) is 8.55 Å². The molecule has 10 heavy (non-hydrogen) atoms. The molecule has 1 rings (SSSR count). The van der Waals surface area contributed by atoms with E-state index in [2.05, 4.69) is 26.9 Å². The molecular formula is C6H18OSi3. The van der Waals surface area contributed by atoms with Crippen LogP contribution in [0.4, 0.5) is 0 Å². The van der Waals surface area contributed by atoms with Crippen molar-refractivity contribution in [2.45, 2.75) is 38.6 Å². The van der Waals surface area contributed by atoms with Gasteiger partial charge in [-0.05, 0) is 19.9 Å². The lowest BCUT2D eigenvalue weighted by Gasteiger charge is -2.39. The summed E-state index contributed by atoms with van der Waals surface area (Å²) in [5, 5.41) is 0. The zero-order chi connectivity index (χ0) is 7.83. The summed E-state index contributed by atoms with van der Waals surface area (Å²) in [7, 11) is -0.326. The molecule has 0 aromatic carbocycles. The Hall–Kier alpha value is 0.611. The monoisotopic (exact) mass is 190 g/mol. The maximum atomic E-state index is 5.84. The quantitative estimate of drug-likeness (QED) is 0.495. The molecule has 0 radical (unpaired) electrons. The molecule has 0 amide bonds. The second-order valence-corrected chi connectivity index (χ2v) is 23.5. The van der Waals surface area contributed by atoms with Crippen molar-refractivity contribution in [1.29, 1.82) is 0 Å². The van der Waals surface area contributed by atoms with Gasteiger partial charge >= 0.3 is 0 Å².